The first-order valence-corrected chi connectivity index (χ1v) is 4.29. The molecule has 0 aromatic rings. The molecule has 0 aromatic heterocycles. The third kappa shape index (κ3) is 9.13. The molecule has 0 radical (unpaired) electrons. The van der Waals surface area contributed by atoms with E-state index in [4.69, 9.17) is 10.2 Å². The molecule has 0 spiro atoms. The number of amides is 1. The van der Waals surface area contributed by atoms with Crippen LogP contribution in [-0.4, -0.2) is 61.7 Å². The van der Waals surface area contributed by atoms with Crippen molar-refractivity contribution >= 4 is 11.9 Å². The molecule has 7 nitrogen and oxygen atoms in total. The molecule has 1 amide bonds. The number of ether oxygens (including phenoxy) is 2. The molecule has 1 atom stereocenters. The van der Waals surface area contributed by atoms with Crippen LogP contribution in [0.1, 0.15) is 0 Å². The van der Waals surface area contributed by atoms with Gasteiger partial charge in [-0.15, -0.1) is 0 Å². The lowest BCUT2D eigenvalue weighted by Gasteiger charge is -2.10. The van der Waals surface area contributed by atoms with Crippen molar-refractivity contribution in [3.8, 4) is 0 Å². The van der Waals surface area contributed by atoms with Crippen LogP contribution in [0.15, 0.2) is 0 Å². The molecule has 0 aliphatic heterocycles. The smallest absolute Gasteiger partial charge is 0.329 e. The number of carboxylic acid groups (broad SMARTS) is 1. The van der Waals surface area contributed by atoms with Crippen molar-refractivity contribution in [3.63, 3.8) is 0 Å². The molecular weight excluding hydrogens is 206 g/mol. The normalized spacial score (nSPS) is 12.1. The fraction of sp³-hybridized carbons (Fsp3) is 0.750. The summed E-state index contributed by atoms with van der Waals surface area (Å²) in [5, 5.41) is 19.7. The van der Waals surface area contributed by atoms with E-state index in [1.54, 1.807) is 0 Å². The Morgan fingerprint density at radius 1 is 1.40 bits per heavy atom. The van der Waals surface area contributed by atoms with Gasteiger partial charge in [0.15, 0.2) is 0 Å². The Kier molecular flexibility index (Phi) is 7.51. The van der Waals surface area contributed by atoms with Crippen LogP contribution in [0.3, 0.4) is 0 Å². The van der Waals surface area contributed by atoms with E-state index in [0.717, 1.165) is 0 Å². The van der Waals surface area contributed by atoms with Gasteiger partial charge in [-0.3, -0.25) is 4.79 Å². The van der Waals surface area contributed by atoms with Crippen LogP contribution in [0.4, 0.5) is 0 Å². The van der Waals surface area contributed by atoms with Gasteiger partial charge >= 0.3 is 5.97 Å². The minimum atomic E-state index is -1.14. The van der Waals surface area contributed by atoms with Crippen molar-refractivity contribution in [1.82, 2.24) is 5.32 Å². The van der Waals surface area contributed by atoms with Crippen LogP contribution >= 0.6 is 0 Å². The second-order valence-corrected chi connectivity index (χ2v) is 2.80. The molecule has 0 saturated carbocycles. The Labute approximate surface area is 87.0 Å². The van der Waals surface area contributed by atoms with E-state index in [0.29, 0.717) is 0 Å². The van der Waals surface area contributed by atoms with Gasteiger partial charge in [-0.25, -0.2) is 4.79 Å². The first-order chi connectivity index (χ1) is 7.06. The SMILES string of the molecule is COCC(O)CNC(=O)COCC(=O)O. The second kappa shape index (κ2) is 8.16. The van der Waals surface area contributed by atoms with Gasteiger partial charge in [-0.1, -0.05) is 0 Å². The van der Waals surface area contributed by atoms with E-state index in [2.05, 4.69) is 14.8 Å². The number of methoxy groups -OCH3 is 1. The first kappa shape index (κ1) is 13.8. The molecule has 0 fully saturated rings. The number of aliphatic carboxylic acids is 1. The number of carbonyl (C=O) groups excluding carboxylic acids is 1. The first-order valence-electron chi connectivity index (χ1n) is 4.29. The van der Waals surface area contributed by atoms with Crippen molar-refractivity contribution in [3.05, 3.63) is 0 Å². The summed E-state index contributed by atoms with van der Waals surface area (Å²) in [5.74, 6) is -1.62. The number of aliphatic hydroxyl groups is 1. The molecule has 3 N–H and O–H groups in total. The average Bonchev–Trinajstić information content (AvgIpc) is 2.14. The molecule has 0 heterocycles. The number of nitrogens with one attached hydrogen (secondary N) is 1. The lowest BCUT2D eigenvalue weighted by Crippen LogP contribution is -2.36. The molecule has 0 bridgehead atoms. The van der Waals surface area contributed by atoms with Gasteiger partial charge in [0.1, 0.15) is 13.2 Å². The summed E-state index contributed by atoms with van der Waals surface area (Å²) >= 11 is 0. The Hall–Kier alpha value is -1.18. The van der Waals surface area contributed by atoms with E-state index in [9.17, 15) is 9.59 Å². The van der Waals surface area contributed by atoms with Crippen molar-refractivity contribution in [2.45, 2.75) is 6.10 Å². The molecule has 1 unspecified atom stereocenters. The van der Waals surface area contributed by atoms with Crippen LogP contribution in [-0.2, 0) is 19.1 Å². The molecular formula is C8H15NO6. The molecule has 0 aliphatic rings. The quantitative estimate of drug-likeness (QED) is 0.447. The largest absolute Gasteiger partial charge is 0.480 e. The number of carboxylic acids is 1. The summed E-state index contributed by atoms with van der Waals surface area (Å²) in [7, 11) is 1.43. The molecule has 7 heteroatoms. The van der Waals surface area contributed by atoms with Gasteiger partial charge in [0.05, 0.1) is 12.7 Å². The highest BCUT2D eigenvalue weighted by Crippen LogP contribution is 1.82. The predicted octanol–water partition coefficient (Wildman–Crippen LogP) is -1.79. The van der Waals surface area contributed by atoms with Crippen LogP contribution in [0.2, 0.25) is 0 Å². The summed E-state index contributed by atoms with van der Waals surface area (Å²) in [4.78, 5) is 21.0. The van der Waals surface area contributed by atoms with Gasteiger partial charge in [0, 0.05) is 13.7 Å². The number of rotatable bonds is 8. The van der Waals surface area contributed by atoms with E-state index in [1.165, 1.54) is 7.11 Å². The maximum atomic E-state index is 11.0. The second-order valence-electron chi connectivity index (χ2n) is 2.80. The Bertz CT molecular complexity index is 207. The zero-order valence-corrected chi connectivity index (χ0v) is 8.43. The molecule has 15 heavy (non-hydrogen) atoms. The highest BCUT2D eigenvalue weighted by Gasteiger charge is 2.07. The molecule has 0 rings (SSSR count). The van der Waals surface area contributed by atoms with Gasteiger partial charge < -0.3 is 25.0 Å². The third-order valence-corrected chi connectivity index (χ3v) is 1.35. The average molecular weight is 221 g/mol. The fourth-order valence-corrected chi connectivity index (χ4v) is 0.765. The lowest BCUT2D eigenvalue weighted by molar-refractivity contribution is -0.143. The minimum Gasteiger partial charge on any atom is -0.480 e. The highest BCUT2D eigenvalue weighted by atomic mass is 16.5. The van der Waals surface area contributed by atoms with Crippen LogP contribution in [0.25, 0.3) is 0 Å². The summed E-state index contributed by atoms with van der Waals surface area (Å²) in [6.07, 6.45) is -0.779. The third-order valence-electron chi connectivity index (χ3n) is 1.35. The summed E-state index contributed by atoms with van der Waals surface area (Å²) in [6, 6.07) is 0. The Morgan fingerprint density at radius 2 is 2.07 bits per heavy atom. The summed E-state index contributed by atoms with van der Waals surface area (Å²) < 4.78 is 9.16. The Balaban J connectivity index is 3.44. The van der Waals surface area contributed by atoms with Crippen molar-refractivity contribution in [2.75, 3.05) is 33.5 Å². The van der Waals surface area contributed by atoms with Gasteiger partial charge in [-0.2, -0.15) is 0 Å². The monoisotopic (exact) mass is 221 g/mol. The summed E-state index contributed by atoms with van der Waals surface area (Å²) in [5.41, 5.74) is 0. The molecule has 0 aromatic carbocycles. The van der Waals surface area contributed by atoms with E-state index in [-0.39, 0.29) is 19.8 Å². The van der Waals surface area contributed by atoms with Gasteiger partial charge in [0.2, 0.25) is 5.91 Å². The molecule has 0 saturated heterocycles. The molecule has 88 valence electrons. The minimum absolute atomic E-state index is 0.0447. The lowest BCUT2D eigenvalue weighted by atomic mass is 10.4. The predicted molar refractivity (Wildman–Crippen MR) is 49.3 cm³/mol. The van der Waals surface area contributed by atoms with Crippen LogP contribution in [0.5, 0.6) is 0 Å². The standard InChI is InChI=1S/C8H15NO6/c1-14-3-6(10)2-9-7(11)4-15-5-8(12)13/h6,10H,2-5H2,1H3,(H,9,11)(H,12,13). The van der Waals surface area contributed by atoms with Crippen molar-refractivity contribution in [1.29, 1.82) is 0 Å². The van der Waals surface area contributed by atoms with E-state index >= 15 is 0 Å². The van der Waals surface area contributed by atoms with E-state index < -0.39 is 24.6 Å². The number of hydrogen-bond acceptors (Lipinski definition) is 5. The maximum Gasteiger partial charge on any atom is 0.329 e. The van der Waals surface area contributed by atoms with Crippen LogP contribution < -0.4 is 5.32 Å². The highest BCUT2D eigenvalue weighted by molar-refractivity contribution is 5.77. The fourth-order valence-electron chi connectivity index (χ4n) is 0.765. The van der Waals surface area contributed by atoms with Gasteiger partial charge in [0.25, 0.3) is 0 Å². The van der Waals surface area contributed by atoms with Crippen molar-refractivity contribution in [2.24, 2.45) is 0 Å². The zero-order chi connectivity index (χ0) is 11.7. The molecule has 0 aliphatic carbocycles. The van der Waals surface area contributed by atoms with E-state index in [1.807, 2.05) is 0 Å². The number of hydrogen-bond donors (Lipinski definition) is 3. The number of carbonyl (C=O) groups is 2. The topological polar surface area (TPSA) is 105 Å². The van der Waals surface area contributed by atoms with Gasteiger partial charge in [-0.05, 0) is 0 Å². The number of aliphatic hydroxyl groups excluding tert-OH is 1. The summed E-state index contributed by atoms with van der Waals surface area (Å²) in [6.45, 7) is -0.695. The maximum absolute atomic E-state index is 11.0. The van der Waals surface area contributed by atoms with Crippen LogP contribution in [0, 0.1) is 0 Å². The Morgan fingerprint density at radius 3 is 2.60 bits per heavy atom. The zero-order valence-electron chi connectivity index (χ0n) is 8.43. The van der Waals surface area contributed by atoms with Crippen molar-refractivity contribution < 1.29 is 29.3 Å².